The van der Waals surface area contributed by atoms with Gasteiger partial charge in [-0.2, -0.15) is 5.10 Å². The molecular formula is C32H35ClN4O6S. The molecule has 1 N–H and O–H groups in total. The Morgan fingerprint density at radius 2 is 1.59 bits per heavy atom. The minimum Gasteiger partial charge on any atom is -0.495 e. The lowest BCUT2D eigenvalue weighted by molar-refractivity contribution is -0.119. The van der Waals surface area contributed by atoms with Crippen LogP contribution in [0.2, 0.25) is 5.02 Å². The molecule has 10 nitrogen and oxygen atoms in total. The molecule has 1 amide bonds. The number of aromatic nitrogens is 1. The summed E-state index contributed by atoms with van der Waals surface area (Å²) in [7, 11) is -0.0960. The lowest BCUT2D eigenvalue weighted by atomic mass is 10.1. The molecule has 44 heavy (non-hydrogen) atoms. The van der Waals surface area contributed by atoms with E-state index in [0.717, 1.165) is 32.5 Å². The second-order valence-corrected chi connectivity index (χ2v) is 12.4. The zero-order chi connectivity index (χ0) is 32.2. The van der Waals surface area contributed by atoms with Crippen LogP contribution in [0, 0.1) is 27.7 Å². The fourth-order valence-electron chi connectivity index (χ4n) is 4.95. The highest BCUT2D eigenvalue weighted by Crippen LogP contribution is 2.37. The van der Waals surface area contributed by atoms with Crippen molar-refractivity contribution in [3.05, 3.63) is 93.8 Å². The van der Waals surface area contributed by atoms with Crippen LogP contribution in [-0.2, 0) is 14.8 Å². The van der Waals surface area contributed by atoms with Crippen LogP contribution in [0.4, 0.5) is 5.69 Å². The SMILES string of the molecule is COc1ccc(S(=O)(=O)N(CC(=O)N/N=C/c2cc(C)n(-c3ccc(C)cc3C)c2C)c2cc(Cl)ccc2OC)cc1OC. The number of nitrogens with one attached hydrogen (secondary N) is 1. The van der Waals surface area contributed by atoms with Crippen LogP contribution in [-0.4, -0.2) is 53.0 Å². The molecule has 12 heteroatoms. The number of amides is 1. The fraction of sp³-hybridized carbons (Fsp3) is 0.250. The Kier molecular flexibility index (Phi) is 9.91. The molecule has 0 aliphatic heterocycles. The molecule has 0 aliphatic carbocycles. The van der Waals surface area contributed by atoms with Crippen LogP contribution < -0.4 is 23.9 Å². The molecule has 1 aromatic heterocycles. The first-order valence-electron chi connectivity index (χ1n) is 13.6. The van der Waals surface area contributed by atoms with Crippen molar-refractivity contribution in [2.75, 3.05) is 32.2 Å². The van der Waals surface area contributed by atoms with Crippen molar-refractivity contribution in [2.24, 2.45) is 5.10 Å². The van der Waals surface area contributed by atoms with Crippen LogP contribution in [0.15, 0.2) is 70.7 Å². The van der Waals surface area contributed by atoms with E-state index in [0.29, 0.717) is 5.75 Å². The van der Waals surface area contributed by atoms with Gasteiger partial charge in [-0.3, -0.25) is 9.10 Å². The van der Waals surface area contributed by atoms with Crippen molar-refractivity contribution in [3.8, 4) is 22.9 Å². The van der Waals surface area contributed by atoms with Crippen molar-refractivity contribution in [3.63, 3.8) is 0 Å². The number of benzene rings is 3. The number of sulfonamides is 1. The molecule has 4 rings (SSSR count). The van der Waals surface area contributed by atoms with E-state index in [4.69, 9.17) is 25.8 Å². The predicted molar refractivity (Wildman–Crippen MR) is 173 cm³/mol. The highest BCUT2D eigenvalue weighted by molar-refractivity contribution is 7.92. The van der Waals surface area contributed by atoms with Gasteiger partial charge < -0.3 is 18.8 Å². The Morgan fingerprint density at radius 1 is 0.909 bits per heavy atom. The van der Waals surface area contributed by atoms with E-state index in [2.05, 4.69) is 47.1 Å². The van der Waals surface area contributed by atoms with Crippen LogP contribution in [0.25, 0.3) is 5.69 Å². The lowest BCUT2D eigenvalue weighted by Crippen LogP contribution is -2.39. The Labute approximate surface area is 262 Å². The number of carbonyl (C=O) groups is 1. The summed E-state index contributed by atoms with van der Waals surface area (Å²) in [4.78, 5) is 13.1. The van der Waals surface area contributed by atoms with Gasteiger partial charge in [0.1, 0.15) is 12.3 Å². The number of ether oxygens (including phenoxy) is 3. The van der Waals surface area contributed by atoms with E-state index in [1.165, 1.54) is 63.4 Å². The molecule has 0 saturated carbocycles. The lowest BCUT2D eigenvalue weighted by Gasteiger charge is -2.25. The number of hydrazone groups is 1. The molecule has 0 aliphatic rings. The van der Waals surface area contributed by atoms with Gasteiger partial charge >= 0.3 is 0 Å². The first-order chi connectivity index (χ1) is 20.9. The molecule has 0 atom stereocenters. The third kappa shape index (κ3) is 6.68. The highest BCUT2D eigenvalue weighted by Gasteiger charge is 2.30. The monoisotopic (exact) mass is 638 g/mol. The maximum absolute atomic E-state index is 14.0. The number of rotatable bonds is 11. The number of aryl methyl sites for hydroxylation is 3. The van der Waals surface area contributed by atoms with Crippen LogP contribution in [0.3, 0.4) is 0 Å². The van der Waals surface area contributed by atoms with E-state index < -0.39 is 22.5 Å². The number of anilines is 1. The van der Waals surface area contributed by atoms with Gasteiger partial charge in [-0.05, 0) is 75.7 Å². The summed E-state index contributed by atoms with van der Waals surface area (Å²) >= 11 is 6.24. The first kappa shape index (κ1) is 32.4. The topological polar surface area (TPSA) is 111 Å². The number of methoxy groups -OCH3 is 3. The summed E-state index contributed by atoms with van der Waals surface area (Å²) in [6.07, 6.45) is 1.54. The van der Waals surface area contributed by atoms with Crippen LogP contribution >= 0.6 is 11.6 Å². The molecule has 3 aromatic carbocycles. The Balaban J connectivity index is 1.64. The standard InChI is InChI=1S/C32H35ClN4O6S/c1-20-8-11-27(21(2)14-20)37-22(3)15-24(23(37)4)18-34-35-32(38)19-36(28-16-25(33)9-12-29(28)41-5)44(39,40)26-10-13-30(42-6)31(17-26)43-7/h8-18H,19H2,1-7H3,(H,35,38)/b34-18+. The smallest absolute Gasteiger partial charge is 0.265 e. The zero-order valence-electron chi connectivity index (χ0n) is 25.6. The number of nitrogens with zero attached hydrogens (tertiary/aromatic N) is 3. The number of hydrogen-bond donors (Lipinski definition) is 1. The van der Waals surface area contributed by atoms with Crippen molar-refractivity contribution in [1.82, 2.24) is 9.99 Å². The van der Waals surface area contributed by atoms with Crippen molar-refractivity contribution in [2.45, 2.75) is 32.6 Å². The predicted octanol–water partition coefficient (Wildman–Crippen LogP) is 5.74. The third-order valence-corrected chi connectivity index (χ3v) is 9.09. The molecule has 0 fully saturated rings. The van der Waals surface area contributed by atoms with E-state index in [9.17, 15) is 13.2 Å². The van der Waals surface area contributed by atoms with Gasteiger partial charge in [0.15, 0.2) is 11.5 Å². The van der Waals surface area contributed by atoms with E-state index >= 15 is 0 Å². The zero-order valence-corrected chi connectivity index (χ0v) is 27.2. The minimum atomic E-state index is -4.34. The summed E-state index contributed by atoms with van der Waals surface area (Å²) in [6.45, 7) is 7.46. The van der Waals surface area contributed by atoms with E-state index in [1.807, 2.05) is 19.9 Å². The summed E-state index contributed by atoms with van der Waals surface area (Å²) in [5.74, 6) is 0.0745. The molecule has 0 bridgehead atoms. The van der Waals surface area contributed by atoms with Gasteiger partial charge in [-0.1, -0.05) is 29.3 Å². The molecular weight excluding hydrogens is 604 g/mol. The molecule has 4 aromatic rings. The maximum Gasteiger partial charge on any atom is 0.265 e. The minimum absolute atomic E-state index is 0.0749. The number of halogens is 1. The third-order valence-electron chi connectivity index (χ3n) is 7.10. The molecule has 0 unspecified atom stereocenters. The normalized spacial score (nSPS) is 11.5. The molecule has 1 heterocycles. The second-order valence-electron chi connectivity index (χ2n) is 10.1. The van der Waals surface area contributed by atoms with Gasteiger partial charge in [0.25, 0.3) is 15.9 Å². The van der Waals surface area contributed by atoms with Crippen molar-refractivity contribution < 1.29 is 27.4 Å². The van der Waals surface area contributed by atoms with Crippen LogP contribution in [0.1, 0.15) is 28.1 Å². The molecule has 232 valence electrons. The average Bonchev–Trinajstić information content (AvgIpc) is 3.27. The van der Waals surface area contributed by atoms with Gasteiger partial charge in [-0.15, -0.1) is 0 Å². The number of carbonyl (C=O) groups excluding carboxylic acids is 1. The maximum atomic E-state index is 14.0. The van der Waals surface area contributed by atoms with Crippen LogP contribution in [0.5, 0.6) is 17.2 Å². The molecule has 0 radical (unpaired) electrons. The van der Waals surface area contributed by atoms with E-state index in [-0.39, 0.29) is 27.1 Å². The van der Waals surface area contributed by atoms with Gasteiger partial charge in [0.2, 0.25) is 0 Å². The quantitative estimate of drug-likeness (QED) is 0.166. The van der Waals surface area contributed by atoms with Crippen molar-refractivity contribution >= 4 is 39.4 Å². The second kappa shape index (κ2) is 13.4. The average molecular weight is 639 g/mol. The van der Waals surface area contributed by atoms with Crippen molar-refractivity contribution in [1.29, 1.82) is 0 Å². The summed E-state index contributed by atoms with van der Waals surface area (Å²) < 4.78 is 47.0. The Morgan fingerprint density at radius 3 is 2.25 bits per heavy atom. The largest absolute Gasteiger partial charge is 0.495 e. The highest BCUT2D eigenvalue weighted by atomic mass is 35.5. The Bertz CT molecular complexity index is 1830. The molecule has 0 saturated heterocycles. The first-order valence-corrected chi connectivity index (χ1v) is 15.4. The summed E-state index contributed by atoms with van der Waals surface area (Å²) in [6, 6.07) is 16.9. The summed E-state index contributed by atoms with van der Waals surface area (Å²) in [5, 5.41) is 4.40. The fourth-order valence-corrected chi connectivity index (χ4v) is 6.55. The Hall–Kier alpha value is -4.48. The molecule has 0 spiro atoms. The van der Waals surface area contributed by atoms with Gasteiger partial charge in [0.05, 0.1) is 38.1 Å². The van der Waals surface area contributed by atoms with Gasteiger partial charge in [0, 0.05) is 33.7 Å². The number of hydrogen-bond acceptors (Lipinski definition) is 7. The van der Waals surface area contributed by atoms with Gasteiger partial charge in [-0.25, -0.2) is 13.8 Å². The van der Waals surface area contributed by atoms with E-state index in [1.54, 1.807) is 6.07 Å². The summed E-state index contributed by atoms with van der Waals surface area (Å²) in [5.41, 5.74) is 8.64.